The van der Waals surface area contributed by atoms with Gasteiger partial charge in [-0.1, -0.05) is 11.6 Å². The number of halogens is 2. The van der Waals surface area contributed by atoms with E-state index in [9.17, 15) is 9.59 Å². The lowest BCUT2D eigenvalue weighted by atomic mass is 10.2. The molecule has 0 unspecified atom stereocenters. The fraction of sp³-hybridized carbons (Fsp3) is 0.333. The Morgan fingerprint density at radius 2 is 1.89 bits per heavy atom. The van der Waals surface area contributed by atoms with Gasteiger partial charge in [0.25, 0.3) is 5.91 Å². The average Bonchev–Trinajstić information content (AvgIpc) is 2.37. The molecule has 1 aromatic carbocycles. The zero-order chi connectivity index (χ0) is 14.4. The number of amides is 3. The second-order valence-electron chi connectivity index (χ2n) is 4.01. The van der Waals surface area contributed by atoms with Crippen molar-refractivity contribution in [2.45, 2.75) is 0 Å². The molecular formula is C12H15ClIN3O2. The van der Waals surface area contributed by atoms with E-state index >= 15 is 0 Å². The van der Waals surface area contributed by atoms with Crippen molar-refractivity contribution >= 4 is 46.1 Å². The summed E-state index contributed by atoms with van der Waals surface area (Å²) in [6.07, 6.45) is 0. The number of nitrogens with one attached hydrogen (secondary N) is 2. The monoisotopic (exact) mass is 395 g/mol. The lowest BCUT2D eigenvalue weighted by molar-refractivity contribution is 0.0953. The van der Waals surface area contributed by atoms with Gasteiger partial charge in [-0.15, -0.1) is 0 Å². The predicted molar refractivity (Wildman–Crippen MR) is 83.6 cm³/mol. The maximum absolute atomic E-state index is 11.8. The minimum Gasteiger partial charge on any atom is -0.350 e. The molecule has 0 saturated heterocycles. The number of carbonyl (C=O) groups is 2. The van der Waals surface area contributed by atoms with Gasteiger partial charge in [0.2, 0.25) is 0 Å². The second-order valence-corrected chi connectivity index (χ2v) is 5.58. The summed E-state index contributed by atoms with van der Waals surface area (Å²) < 4.78 is 0.897. The van der Waals surface area contributed by atoms with E-state index in [1.165, 1.54) is 4.90 Å². The molecule has 0 aliphatic carbocycles. The molecule has 0 saturated carbocycles. The van der Waals surface area contributed by atoms with Crippen LogP contribution in [0.4, 0.5) is 4.79 Å². The molecule has 0 fully saturated rings. The van der Waals surface area contributed by atoms with Gasteiger partial charge in [0.15, 0.2) is 0 Å². The van der Waals surface area contributed by atoms with Crippen molar-refractivity contribution in [2.75, 3.05) is 27.2 Å². The Balaban J connectivity index is 2.39. The van der Waals surface area contributed by atoms with Gasteiger partial charge in [0, 0.05) is 36.3 Å². The van der Waals surface area contributed by atoms with Crippen LogP contribution in [0.2, 0.25) is 5.02 Å². The van der Waals surface area contributed by atoms with Crippen molar-refractivity contribution in [1.29, 1.82) is 0 Å². The largest absolute Gasteiger partial charge is 0.350 e. The van der Waals surface area contributed by atoms with Gasteiger partial charge >= 0.3 is 6.03 Å². The van der Waals surface area contributed by atoms with E-state index in [4.69, 9.17) is 11.6 Å². The summed E-state index contributed by atoms with van der Waals surface area (Å²) in [4.78, 5) is 24.4. The molecule has 1 rings (SSSR count). The zero-order valence-corrected chi connectivity index (χ0v) is 13.6. The van der Waals surface area contributed by atoms with E-state index in [0.29, 0.717) is 23.7 Å². The van der Waals surface area contributed by atoms with E-state index in [-0.39, 0.29) is 11.9 Å². The van der Waals surface area contributed by atoms with Crippen molar-refractivity contribution in [1.82, 2.24) is 15.5 Å². The second kappa shape index (κ2) is 7.54. The Morgan fingerprint density at radius 1 is 1.26 bits per heavy atom. The number of hydrogen-bond acceptors (Lipinski definition) is 2. The topological polar surface area (TPSA) is 61.4 Å². The van der Waals surface area contributed by atoms with E-state index in [2.05, 4.69) is 33.2 Å². The third kappa shape index (κ3) is 5.23. The fourth-order valence-corrected chi connectivity index (χ4v) is 1.76. The normalized spacial score (nSPS) is 9.89. The summed E-state index contributed by atoms with van der Waals surface area (Å²) in [5, 5.41) is 5.91. The van der Waals surface area contributed by atoms with Gasteiger partial charge in [0.05, 0.1) is 5.02 Å². The number of benzene rings is 1. The predicted octanol–water partition coefficient (Wildman–Crippen LogP) is 1.95. The van der Waals surface area contributed by atoms with Crippen molar-refractivity contribution in [2.24, 2.45) is 0 Å². The molecule has 104 valence electrons. The molecule has 1 aromatic rings. The number of rotatable bonds is 4. The minimum atomic E-state index is -0.211. The van der Waals surface area contributed by atoms with Crippen molar-refractivity contribution < 1.29 is 9.59 Å². The van der Waals surface area contributed by atoms with Crippen LogP contribution in [0.5, 0.6) is 0 Å². The molecule has 5 nitrogen and oxygen atoms in total. The standard InChI is InChI=1S/C12H15ClIN3O2/c1-17(2)12(19)16-6-5-15-11(18)8-3-4-10(14)9(13)7-8/h3-4,7H,5-6H2,1-2H3,(H,15,18)(H,16,19). The van der Waals surface area contributed by atoms with Gasteiger partial charge in [-0.3, -0.25) is 4.79 Å². The Hall–Kier alpha value is -1.02. The minimum absolute atomic E-state index is 0.188. The number of nitrogens with zero attached hydrogens (tertiary/aromatic N) is 1. The Morgan fingerprint density at radius 3 is 2.47 bits per heavy atom. The SMILES string of the molecule is CN(C)C(=O)NCCNC(=O)c1ccc(I)c(Cl)c1. The van der Waals surface area contributed by atoms with E-state index < -0.39 is 0 Å². The Labute approximate surface area is 130 Å². The van der Waals surface area contributed by atoms with Crippen LogP contribution >= 0.6 is 34.2 Å². The molecule has 0 radical (unpaired) electrons. The highest BCUT2D eigenvalue weighted by atomic mass is 127. The summed E-state index contributed by atoms with van der Waals surface area (Å²) in [6, 6.07) is 4.93. The first kappa shape index (κ1) is 16.0. The van der Waals surface area contributed by atoms with Gasteiger partial charge < -0.3 is 15.5 Å². The van der Waals surface area contributed by atoms with Gasteiger partial charge in [-0.05, 0) is 40.8 Å². The molecular weight excluding hydrogens is 381 g/mol. The first-order valence-corrected chi connectivity index (χ1v) is 7.06. The lowest BCUT2D eigenvalue weighted by Gasteiger charge is -2.12. The molecule has 19 heavy (non-hydrogen) atoms. The van der Waals surface area contributed by atoms with Crippen molar-refractivity contribution in [3.8, 4) is 0 Å². The highest BCUT2D eigenvalue weighted by Gasteiger charge is 2.07. The van der Waals surface area contributed by atoms with Gasteiger partial charge in [0.1, 0.15) is 0 Å². The number of hydrogen-bond donors (Lipinski definition) is 2. The van der Waals surface area contributed by atoms with Crippen LogP contribution in [0, 0.1) is 3.57 Å². The molecule has 0 aromatic heterocycles. The number of urea groups is 1. The lowest BCUT2D eigenvalue weighted by Crippen LogP contribution is -2.39. The third-order valence-corrected chi connectivity index (χ3v) is 3.85. The molecule has 0 aliphatic heterocycles. The summed E-state index contributed by atoms with van der Waals surface area (Å²) in [7, 11) is 3.31. The van der Waals surface area contributed by atoms with Crippen LogP contribution in [0.25, 0.3) is 0 Å². The first-order valence-electron chi connectivity index (χ1n) is 5.60. The van der Waals surface area contributed by atoms with E-state index in [1.807, 2.05) is 0 Å². The van der Waals surface area contributed by atoms with Crippen LogP contribution in [0.3, 0.4) is 0 Å². The fourth-order valence-electron chi connectivity index (χ4n) is 1.24. The van der Waals surface area contributed by atoms with Crippen LogP contribution in [-0.4, -0.2) is 44.0 Å². The molecule has 3 amide bonds. The summed E-state index contributed by atoms with van der Waals surface area (Å²) in [5.41, 5.74) is 0.504. The maximum atomic E-state index is 11.8. The maximum Gasteiger partial charge on any atom is 0.316 e. The molecule has 7 heteroatoms. The van der Waals surface area contributed by atoms with E-state index in [0.717, 1.165) is 3.57 Å². The molecule has 0 aliphatic rings. The molecule has 0 heterocycles. The molecule has 0 spiro atoms. The Kier molecular flexibility index (Phi) is 6.36. The van der Waals surface area contributed by atoms with Crippen LogP contribution in [0.15, 0.2) is 18.2 Å². The van der Waals surface area contributed by atoms with Gasteiger partial charge in [-0.25, -0.2) is 4.79 Å². The average molecular weight is 396 g/mol. The highest BCUT2D eigenvalue weighted by molar-refractivity contribution is 14.1. The highest BCUT2D eigenvalue weighted by Crippen LogP contribution is 2.19. The summed E-state index contributed by atoms with van der Waals surface area (Å²) >= 11 is 8.04. The Bertz CT molecular complexity index is 480. The zero-order valence-electron chi connectivity index (χ0n) is 10.7. The van der Waals surface area contributed by atoms with Crippen LogP contribution in [-0.2, 0) is 0 Å². The molecule has 2 N–H and O–H groups in total. The van der Waals surface area contributed by atoms with Crippen LogP contribution in [0.1, 0.15) is 10.4 Å². The summed E-state index contributed by atoms with van der Waals surface area (Å²) in [5.74, 6) is -0.211. The quantitative estimate of drug-likeness (QED) is 0.605. The van der Waals surface area contributed by atoms with E-state index in [1.54, 1.807) is 32.3 Å². The summed E-state index contributed by atoms with van der Waals surface area (Å²) in [6.45, 7) is 0.739. The van der Waals surface area contributed by atoms with Gasteiger partial charge in [-0.2, -0.15) is 0 Å². The number of carbonyl (C=O) groups excluding carboxylic acids is 2. The van der Waals surface area contributed by atoms with Crippen molar-refractivity contribution in [3.05, 3.63) is 32.4 Å². The third-order valence-electron chi connectivity index (χ3n) is 2.27. The van der Waals surface area contributed by atoms with Crippen molar-refractivity contribution in [3.63, 3.8) is 0 Å². The molecule has 0 bridgehead atoms. The smallest absolute Gasteiger partial charge is 0.316 e. The first-order chi connectivity index (χ1) is 8.91. The van der Waals surface area contributed by atoms with Crippen LogP contribution < -0.4 is 10.6 Å². The molecule has 0 atom stereocenters.